The molecule has 0 aromatic carbocycles. The molecule has 2 bridgehead atoms. The molecule has 0 aromatic rings. The number of aliphatic hydroxyl groups is 1. The van der Waals surface area contributed by atoms with E-state index in [2.05, 4.69) is 41.5 Å². The molecule has 0 amide bonds. The Kier molecular flexibility index (Phi) is 4.02. The summed E-state index contributed by atoms with van der Waals surface area (Å²) >= 11 is 0. The van der Waals surface area contributed by atoms with Gasteiger partial charge < -0.3 is 9.84 Å². The molecule has 3 fully saturated rings. The van der Waals surface area contributed by atoms with Crippen LogP contribution in [0.25, 0.3) is 0 Å². The molecule has 0 spiro atoms. The predicted octanol–water partition coefficient (Wildman–Crippen LogP) is 5.25. The Morgan fingerprint density at radius 3 is 2.12 bits per heavy atom. The summed E-state index contributed by atoms with van der Waals surface area (Å²) < 4.78 is 6.36. The van der Waals surface area contributed by atoms with Crippen molar-refractivity contribution in [3.05, 3.63) is 0 Å². The van der Waals surface area contributed by atoms with Crippen molar-refractivity contribution < 1.29 is 14.6 Å². The third-order valence-corrected chi connectivity index (χ3v) is 7.12. The molecule has 0 aromatic heterocycles. The van der Waals surface area contributed by atoms with Gasteiger partial charge in [0.15, 0.2) is 0 Å². The number of carbonyl (C=O) groups is 1. The summed E-state index contributed by atoms with van der Waals surface area (Å²) in [5, 5.41) is 10.8. The second kappa shape index (κ2) is 5.24. The van der Waals surface area contributed by atoms with E-state index < -0.39 is 11.2 Å². The second-order valence-corrected chi connectivity index (χ2v) is 12.1. The minimum Gasteiger partial charge on any atom is -0.458 e. The van der Waals surface area contributed by atoms with Crippen LogP contribution in [0, 0.1) is 21.7 Å². The fourth-order valence-corrected chi connectivity index (χ4v) is 6.53. The molecule has 3 aliphatic carbocycles. The largest absolute Gasteiger partial charge is 0.458 e. The lowest BCUT2D eigenvalue weighted by Gasteiger charge is -2.55. The van der Waals surface area contributed by atoms with Crippen molar-refractivity contribution in [3.63, 3.8) is 0 Å². The number of ether oxygens (including phenoxy) is 1. The third-order valence-electron chi connectivity index (χ3n) is 7.12. The SMILES string of the molecule is CC(C)(C)CC1(C(=O)OC23CCC[C@](C)(CC(C)(O)C2)C3)CC1(C)C. The summed E-state index contributed by atoms with van der Waals surface area (Å²) in [6, 6.07) is 0. The number of esters is 1. The molecule has 0 heterocycles. The van der Waals surface area contributed by atoms with Gasteiger partial charge in [-0.3, -0.25) is 4.79 Å². The summed E-state index contributed by atoms with van der Waals surface area (Å²) in [5.41, 5.74) is -1.33. The maximum Gasteiger partial charge on any atom is 0.313 e. The quantitative estimate of drug-likeness (QED) is 0.707. The van der Waals surface area contributed by atoms with E-state index >= 15 is 0 Å². The first kappa shape index (κ1) is 19.2. The molecule has 3 nitrogen and oxygen atoms in total. The summed E-state index contributed by atoms with van der Waals surface area (Å²) in [6.45, 7) is 15.2. The third kappa shape index (κ3) is 3.50. The lowest BCUT2D eigenvalue weighted by atomic mass is 9.56. The first-order valence-corrected chi connectivity index (χ1v) is 10.1. The molecule has 4 atom stereocenters. The average Bonchev–Trinajstić information content (AvgIpc) is 2.85. The molecule has 144 valence electrons. The molecule has 25 heavy (non-hydrogen) atoms. The lowest BCUT2D eigenvalue weighted by molar-refractivity contribution is -0.204. The highest BCUT2D eigenvalue weighted by molar-refractivity contribution is 5.82. The van der Waals surface area contributed by atoms with Crippen LogP contribution in [-0.2, 0) is 9.53 Å². The Hall–Kier alpha value is -0.570. The molecule has 0 saturated heterocycles. The van der Waals surface area contributed by atoms with E-state index in [9.17, 15) is 9.90 Å². The van der Waals surface area contributed by atoms with Gasteiger partial charge in [0, 0.05) is 6.42 Å². The highest BCUT2D eigenvalue weighted by Gasteiger charge is 2.69. The van der Waals surface area contributed by atoms with Crippen LogP contribution >= 0.6 is 0 Å². The van der Waals surface area contributed by atoms with Gasteiger partial charge in [0.25, 0.3) is 0 Å². The van der Waals surface area contributed by atoms with E-state index in [4.69, 9.17) is 4.74 Å². The molecule has 3 unspecified atom stereocenters. The Labute approximate surface area is 153 Å². The van der Waals surface area contributed by atoms with E-state index in [1.54, 1.807) is 0 Å². The summed E-state index contributed by atoms with van der Waals surface area (Å²) in [4.78, 5) is 13.4. The van der Waals surface area contributed by atoms with Crippen molar-refractivity contribution in [2.75, 3.05) is 0 Å². The smallest absolute Gasteiger partial charge is 0.313 e. The number of fused-ring (bicyclic) bond motifs is 2. The van der Waals surface area contributed by atoms with Gasteiger partial charge in [-0.2, -0.15) is 0 Å². The van der Waals surface area contributed by atoms with Crippen LogP contribution in [-0.4, -0.2) is 22.3 Å². The zero-order valence-corrected chi connectivity index (χ0v) is 17.4. The van der Waals surface area contributed by atoms with Gasteiger partial charge in [-0.15, -0.1) is 0 Å². The normalized spacial score (nSPS) is 45.8. The number of hydrogen-bond donors (Lipinski definition) is 1. The molecule has 3 heteroatoms. The molecule has 3 rings (SSSR count). The van der Waals surface area contributed by atoms with E-state index in [1.807, 2.05) is 6.92 Å². The van der Waals surface area contributed by atoms with Crippen molar-refractivity contribution in [1.29, 1.82) is 0 Å². The molecular weight excluding hydrogens is 312 g/mol. The van der Waals surface area contributed by atoms with Crippen LogP contribution in [0.4, 0.5) is 0 Å². The van der Waals surface area contributed by atoms with Gasteiger partial charge in [-0.05, 0) is 68.1 Å². The van der Waals surface area contributed by atoms with Crippen molar-refractivity contribution in [3.8, 4) is 0 Å². The van der Waals surface area contributed by atoms with E-state index in [0.29, 0.717) is 6.42 Å². The van der Waals surface area contributed by atoms with Crippen LogP contribution in [0.1, 0.15) is 99.8 Å². The Balaban J connectivity index is 1.84. The predicted molar refractivity (Wildman–Crippen MR) is 100 cm³/mol. The average molecular weight is 351 g/mol. The van der Waals surface area contributed by atoms with Crippen LogP contribution in [0.3, 0.4) is 0 Å². The van der Waals surface area contributed by atoms with E-state index in [-0.39, 0.29) is 27.6 Å². The maximum atomic E-state index is 13.4. The monoisotopic (exact) mass is 350 g/mol. The Bertz CT molecular complexity index is 566. The van der Waals surface area contributed by atoms with Gasteiger partial charge in [0.05, 0.1) is 11.0 Å². The maximum absolute atomic E-state index is 13.4. The van der Waals surface area contributed by atoms with Crippen LogP contribution in [0.2, 0.25) is 0 Å². The lowest BCUT2D eigenvalue weighted by Crippen LogP contribution is -2.56. The fraction of sp³-hybridized carbons (Fsp3) is 0.955. The highest BCUT2D eigenvalue weighted by Crippen LogP contribution is 2.69. The van der Waals surface area contributed by atoms with Gasteiger partial charge in [-0.1, -0.05) is 41.5 Å². The Morgan fingerprint density at radius 2 is 1.60 bits per heavy atom. The summed E-state index contributed by atoms with van der Waals surface area (Å²) in [7, 11) is 0. The van der Waals surface area contributed by atoms with Crippen molar-refractivity contribution in [2.24, 2.45) is 21.7 Å². The van der Waals surface area contributed by atoms with Gasteiger partial charge in [0.1, 0.15) is 5.60 Å². The van der Waals surface area contributed by atoms with Crippen LogP contribution < -0.4 is 0 Å². The minimum absolute atomic E-state index is 0.00521. The first-order chi connectivity index (χ1) is 11.1. The number of rotatable bonds is 3. The second-order valence-electron chi connectivity index (χ2n) is 12.1. The van der Waals surface area contributed by atoms with Gasteiger partial charge >= 0.3 is 5.97 Å². The molecule has 0 radical (unpaired) electrons. The van der Waals surface area contributed by atoms with Gasteiger partial charge in [-0.25, -0.2) is 0 Å². The number of hydrogen-bond acceptors (Lipinski definition) is 3. The summed E-state index contributed by atoms with van der Waals surface area (Å²) in [6.07, 6.45) is 7.22. The van der Waals surface area contributed by atoms with Crippen LogP contribution in [0.15, 0.2) is 0 Å². The van der Waals surface area contributed by atoms with E-state index in [1.165, 1.54) is 0 Å². The molecular formula is C22H38O3. The molecule has 0 aliphatic heterocycles. The van der Waals surface area contributed by atoms with Gasteiger partial charge in [0.2, 0.25) is 0 Å². The zero-order chi connectivity index (χ0) is 18.9. The topological polar surface area (TPSA) is 46.5 Å². The zero-order valence-electron chi connectivity index (χ0n) is 17.4. The highest BCUT2D eigenvalue weighted by atomic mass is 16.6. The standard InChI is InChI=1S/C22H38O3/c1-17(2,3)11-22(12-18(22,4)5)16(23)25-21-10-8-9-19(6,14-21)13-20(7,24)15-21/h24H,8-15H2,1-7H3/t19-,20?,21?,22?/m1/s1. The van der Waals surface area contributed by atoms with Crippen LogP contribution in [0.5, 0.6) is 0 Å². The molecule has 3 saturated carbocycles. The van der Waals surface area contributed by atoms with Crippen molar-refractivity contribution >= 4 is 5.97 Å². The van der Waals surface area contributed by atoms with Crippen molar-refractivity contribution in [2.45, 2.75) is 111 Å². The van der Waals surface area contributed by atoms with Crippen molar-refractivity contribution in [1.82, 2.24) is 0 Å². The first-order valence-electron chi connectivity index (χ1n) is 10.1. The minimum atomic E-state index is -0.732. The molecule has 1 N–H and O–H groups in total. The van der Waals surface area contributed by atoms with E-state index in [0.717, 1.165) is 44.9 Å². The number of carbonyl (C=O) groups excluding carboxylic acids is 1. The molecule has 3 aliphatic rings. The Morgan fingerprint density at radius 1 is 1.00 bits per heavy atom. The summed E-state index contributed by atoms with van der Waals surface area (Å²) in [5.74, 6) is -0.00521. The fourth-order valence-electron chi connectivity index (χ4n) is 6.53.